The molecule has 0 bridgehead atoms. The zero-order valence-corrected chi connectivity index (χ0v) is 25.6. The van der Waals surface area contributed by atoms with E-state index < -0.39 is 53.8 Å². The number of para-hydroxylation sites is 1. The second kappa shape index (κ2) is 17.2. The lowest BCUT2D eigenvalue weighted by Gasteiger charge is -2.25. The van der Waals surface area contributed by atoms with Crippen LogP contribution in [0.15, 0.2) is 59.7 Å². The van der Waals surface area contributed by atoms with E-state index in [0.717, 1.165) is 10.9 Å². The number of aliphatic carboxylic acids is 1. The topological polar surface area (TPSA) is 294 Å². The molecule has 0 spiro atoms. The van der Waals surface area contributed by atoms with Crippen molar-refractivity contribution in [3.63, 3.8) is 0 Å². The number of phenolic OH excluding ortho intramolecular Hbond substituents is 1. The number of hydrogen-bond donors (Lipinski definition) is 10. The van der Waals surface area contributed by atoms with E-state index in [4.69, 9.17) is 22.9 Å². The van der Waals surface area contributed by atoms with Crippen LogP contribution in [0.1, 0.15) is 36.8 Å². The van der Waals surface area contributed by atoms with E-state index in [2.05, 4.69) is 25.9 Å². The van der Waals surface area contributed by atoms with Gasteiger partial charge in [-0.1, -0.05) is 30.3 Å². The van der Waals surface area contributed by atoms with E-state index in [0.29, 0.717) is 17.5 Å². The molecule has 0 saturated carbocycles. The molecule has 16 heteroatoms. The summed E-state index contributed by atoms with van der Waals surface area (Å²) < 4.78 is 0. The van der Waals surface area contributed by atoms with Gasteiger partial charge in [0.25, 0.3) is 0 Å². The Morgan fingerprint density at radius 3 is 2.11 bits per heavy atom. The van der Waals surface area contributed by atoms with Gasteiger partial charge in [0, 0.05) is 42.9 Å². The fourth-order valence-corrected chi connectivity index (χ4v) is 4.83. The van der Waals surface area contributed by atoms with Gasteiger partial charge in [-0.25, -0.2) is 4.79 Å². The van der Waals surface area contributed by atoms with Crippen molar-refractivity contribution < 1.29 is 34.2 Å². The molecule has 16 nitrogen and oxygen atoms in total. The number of amides is 4. The molecule has 4 atom stereocenters. The number of carboxylic acids is 1. The van der Waals surface area contributed by atoms with Crippen molar-refractivity contribution in [2.24, 2.45) is 27.9 Å². The van der Waals surface area contributed by atoms with Gasteiger partial charge in [-0.15, -0.1) is 0 Å². The van der Waals surface area contributed by atoms with Crippen LogP contribution in [-0.4, -0.2) is 81.5 Å². The van der Waals surface area contributed by atoms with Gasteiger partial charge in [-0.3, -0.25) is 24.2 Å². The van der Waals surface area contributed by atoms with Crippen molar-refractivity contribution in [1.29, 1.82) is 0 Å². The molecule has 0 aliphatic heterocycles. The Kier molecular flexibility index (Phi) is 13.1. The number of nitrogens with two attached hydrogens (primary N) is 4. The monoisotopic (exact) mass is 651 g/mol. The number of aromatic amines is 1. The van der Waals surface area contributed by atoms with Crippen LogP contribution < -0.4 is 38.9 Å². The van der Waals surface area contributed by atoms with Gasteiger partial charge >= 0.3 is 5.97 Å². The third-order valence-electron chi connectivity index (χ3n) is 7.34. The average Bonchev–Trinajstić information content (AvgIpc) is 3.43. The van der Waals surface area contributed by atoms with E-state index in [1.165, 1.54) is 12.1 Å². The number of carbonyl (C=O) groups is 5. The quantitative estimate of drug-likeness (QED) is 0.0447. The lowest BCUT2D eigenvalue weighted by Crippen LogP contribution is -2.58. The first-order valence-corrected chi connectivity index (χ1v) is 14.9. The predicted molar refractivity (Wildman–Crippen MR) is 174 cm³/mol. The minimum atomic E-state index is -1.38. The van der Waals surface area contributed by atoms with Gasteiger partial charge in [0.1, 0.15) is 23.9 Å². The molecule has 0 saturated heterocycles. The highest BCUT2D eigenvalue weighted by Gasteiger charge is 2.31. The van der Waals surface area contributed by atoms with Crippen LogP contribution >= 0.6 is 0 Å². The number of phenols is 1. The van der Waals surface area contributed by atoms with Crippen molar-refractivity contribution in [3.8, 4) is 5.75 Å². The van der Waals surface area contributed by atoms with Gasteiger partial charge in [0.05, 0.1) is 6.04 Å². The standard InChI is InChI=1S/C31H41N9O7/c32-21(5-3-13-36-31(34)35)27(43)39-24(14-17-7-9-19(41)10-8-17)29(45)38-23(11-12-26(33)42)28(44)40-25(30(46)47)15-18-16-37-22-6-2-1-4-20(18)22/h1-2,4,6-10,16,21,23-25,37,41H,3,5,11-15,32H2,(H2,33,42)(H,38,45)(H,39,43)(H,40,44)(H,46,47)(H4,34,35,36). The molecular formula is C31H41N9O7. The number of hydrogen-bond acceptors (Lipinski definition) is 8. The number of benzene rings is 2. The molecule has 4 unspecified atom stereocenters. The van der Waals surface area contributed by atoms with Crippen LogP contribution in [0.3, 0.4) is 0 Å². The van der Waals surface area contributed by atoms with Gasteiger partial charge in [-0.05, 0) is 48.6 Å². The molecule has 0 fully saturated rings. The third kappa shape index (κ3) is 11.3. The highest BCUT2D eigenvalue weighted by Crippen LogP contribution is 2.19. The molecule has 3 rings (SSSR count). The Bertz CT molecular complexity index is 1590. The second-order valence-corrected chi connectivity index (χ2v) is 11.0. The number of nitrogens with zero attached hydrogens (tertiary/aromatic N) is 1. The first-order chi connectivity index (χ1) is 22.3. The van der Waals surface area contributed by atoms with Crippen LogP contribution in [0.4, 0.5) is 0 Å². The van der Waals surface area contributed by atoms with Crippen LogP contribution in [0.2, 0.25) is 0 Å². The fraction of sp³-hybridized carbons (Fsp3) is 0.355. The lowest BCUT2D eigenvalue weighted by molar-refractivity contribution is -0.142. The molecule has 47 heavy (non-hydrogen) atoms. The van der Waals surface area contributed by atoms with Gasteiger partial charge in [0.15, 0.2) is 5.96 Å². The number of H-pyrrole nitrogens is 1. The summed E-state index contributed by atoms with van der Waals surface area (Å²) in [4.78, 5) is 70.7. The van der Waals surface area contributed by atoms with Crippen molar-refractivity contribution in [2.45, 2.75) is 62.7 Å². The number of rotatable bonds is 18. The summed E-state index contributed by atoms with van der Waals surface area (Å²) in [7, 11) is 0. The largest absolute Gasteiger partial charge is 0.508 e. The first-order valence-electron chi connectivity index (χ1n) is 14.9. The van der Waals surface area contributed by atoms with Gasteiger partial charge in [-0.2, -0.15) is 0 Å². The maximum atomic E-state index is 13.6. The molecule has 0 radical (unpaired) electrons. The van der Waals surface area contributed by atoms with Crippen LogP contribution in [-0.2, 0) is 36.8 Å². The van der Waals surface area contributed by atoms with Gasteiger partial charge in [0.2, 0.25) is 23.6 Å². The average molecular weight is 652 g/mol. The third-order valence-corrected chi connectivity index (χ3v) is 7.34. The van der Waals surface area contributed by atoms with E-state index in [1.54, 1.807) is 24.4 Å². The minimum absolute atomic E-state index is 0.00890. The van der Waals surface area contributed by atoms with Crippen molar-refractivity contribution in [2.75, 3.05) is 6.54 Å². The number of primary amides is 1. The molecule has 0 aliphatic rings. The second-order valence-electron chi connectivity index (χ2n) is 11.0. The van der Waals surface area contributed by atoms with Crippen LogP contribution in [0.25, 0.3) is 10.9 Å². The maximum absolute atomic E-state index is 13.6. The number of aromatic hydroxyl groups is 1. The highest BCUT2D eigenvalue weighted by atomic mass is 16.4. The zero-order chi connectivity index (χ0) is 34.5. The summed E-state index contributed by atoms with van der Waals surface area (Å²) >= 11 is 0. The summed E-state index contributed by atoms with van der Waals surface area (Å²) in [6.07, 6.45) is 1.59. The molecule has 3 aromatic rings. The van der Waals surface area contributed by atoms with E-state index >= 15 is 0 Å². The Hall–Kier alpha value is -5.64. The molecule has 1 heterocycles. The molecular weight excluding hydrogens is 610 g/mol. The molecule has 4 amide bonds. The maximum Gasteiger partial charge on any atom is 0.326 e. The van der Waals surface area contributed by atoms with Crippen molar-refractivity contribution >= 4 is 46.5 Å². The smallest absolute Gasteiger partial charge is 0.326 e. The number of carbonyl (C=O) groups excluding carboxylic acids is 4. The molecule has 1 aromatic heterocycles. The summed E-state index contributed by atoms with van der Waals surface area (Å²) in [6, 6.07) is 8.16. The predicted octanol–water partition coefficient (Wildman–Crippen LogP) is -1.16. The number of aliphatic imine (C=N–C) groups is 1. The van der Waals surface area contributed by atoms with E-state index in [1.807, 2.05) is 18.2 Å². The molecule has 252 valence electrons. The Morgan fingerprint density at radius 2 is 1.45 bits per heavy atom. The molecule has 14 N–H and O–H groups in total. The fourth-order valence-electron chi connectivity index (χ4n) is 4.83. The summed E-state index contributed by atoms with van der Waals surface area (Å²) in [5.74, 6) is -4.48. The normalized spacial score (nSPS) is 13.5. The minimum Gasteiger partial charge on any atom is -0.508 e. The Morgan fingerprint density at radius 1 is 0.809 bits per heavy atom. The summed E-state index contributed by atoms with van der Waals surface area (Å²) in [6.45, 7) is 0.245. The van der Waals surface area contributed by atoms with Crippen molar-refractivity contribution in [3.05, 3.63) is 65.9 Å². The highest BCUT2D eigenvalue weighted by molar-refractivity contribution is 5.95. The summed E-state index contributed by atoms with van der Waals surface area (Å²) in [5.41, 5.74) is 24.0. The number of fused-ring (bicyclic) bond motifs is 1. The van der Waals surface area contributed by atoms with E-state index in [9.17, 15) is 34.2 Å². The SMILES string of the molecule is NC(=O)CCC(NC(=O)C(Cc1ccc(O)cc1)NC(=O)C(N)CCCN=C(N)N)C(=O)NC(Cc1c[nH]c2ccccc12)C(=O)O. The lowest BCUT2D eigenvalue weighted by atomic mass is 10.0. The number of aromatic nitrogens is 1. The molecule has 2 aromatic carbocycles. The number of carboxylic acid groups (broad SMARTS) is 1. The Labute approximate surface area is 270 Å². The number of nitrogens with one attached hydrogen (secondary N) is 4. The first kappa shape index (κ1) is 35.8. The van der Waals surface area contributed by atoms with E-state index in [-0.39, 0.29) is 50.4 Å². The molecule has 0 aliphatic carbocycles. The number of guanidine groups is 1. The van der Waals surface area contributed by atoms with Crippen LogP contribution in [0.5, 0.6) is 5.75 Å². The van der Waals surface area contributed by atoms with Gasteiger partial charge < -0.3 is 54.1 Å². The van der Waals surface area contributed by atoms with Crippen molar-refractivity contribution in [1.82, 2.24) is 20.9 Å². The van der Waals surface area contributed by atoms with Crippen LogP contribution in [0, 0.1) is 0 Å². The zero-order valence-electron chi connectivity index (χ0n) is 25.6. The Balaban J connectivity index is 1.78. The summed E-state index contributed by atoms with van der Waals surface area (Å²) in [5, 5.41) is 28.0.